The number of phenolic OH excluding ortho intramolecular Hbond substituents is 1. The number of alkyl halides is 2. The van der Waals surface area contributed by atoms with Gasteiger partial charge in [-0.25, -0.2) is 17.4 Å². The molecule has 2 aromatic rings. The number of aromatic hydroxyl groups is 1. The second kappa shape index (κ2) is 6.01. The number of benzene rings is 1. The van der Waals surface area contributed by atoms with E-state index in [9.17, 15) is 27.3 Å². The first-order chi connectivity index (χ1) is 12.4. The van der Waals surface area contributed by atoms with Crippen LogP contribution in [-0.4, -0.2) is 38.0 Å². The minimum absolute atomic E-state index is 0.0506. The molecular formula is C15H13F3N4O3S. The van der Waals surface area contributed by atoms with E-state index in [1.54, 1.807) is 0 Å². The van der Waals surface area contributed by atoms with Gasteiger partial charge in [-0.15, -0.1) is 0 Å². The van der Waals surface area contributed by atoms with E-state index in [2.05, 4.69) is 9.82 Å². The van der Waals surface area contributed by atoms with Crippen LogP contribution in [0.5, 0.6) is 5.75 Å². The van der Waals surface area contributed by atoms with Crippen LogP contribution >= 0.6 is 0 Å². The van der Waals surface area contributed by atoms with Gasteiger partial charge in [0.1, 0.15) is 18.0 Å². The quantitative estimate of drug-likeness (QED) is 0.838. The lowest BCUT2D eigenvalue weighted by Gasteiger charge is -2.17. The minimum atomic E-state index is -2.43. The Morgan fingerprint density at radius 1 is 1.38 bits per heavy atom. The van der Waals surface area contributed by atoms with Gasteiger partial charge in [0, 0.05) is 23.2 Å². The lowest BCUT2D eigenvalue weighted by molar-refractivity contribution is -0.117. The molecule has 1 amide bonds. The maximum atomic E-state index is 15.0. The van der Waals surface area contributed by atoms with Crippen LogP contribution in [0.3, 0.4) is 0 Å². The Labute approximate surface area is 148 Å². The largest absolute Gasteiger partial charge is 0.506 e. The van der Waals surface area contributed by atoms with Crippen molar-refractivity contribution in [1.82, 2.24) is 14.5 Å². The molecule has 1 saturated heterocycles. The van der Waals surface area contributed by atoms with Gasteiger partial charge in [-0.3, -0.25) is 18.5 Å². The van der Waals surface area contributed by atoms with E-state index < -0.39 is 47.0 Å². The molecule has 2 aliphatic rings. The fraction of sp³-hybridized carbons (Fsp3) is 0.333. The summed E-state index contributed by atoms with van der Waals surface area (Å²) in [4.78, 5) is 11.4. The monoisotopic (exact) mass is 386 g/mol. The molecule has 3 atom stereocenters. The van der Waals surface area contributed by atoms with Gasteiger partial charge in [-0.05, 0) is 18.6 Å². The van der Waals surface area contributed by atoms with Gasteiger partial charge in [-0.1, -0.05) is 0 Å². The SMILES string of the molecule is O=C1CN(c2c(O)ccc(-c3cnn(C4CC4C(F)F)c3)c2F)S(=O)N1. The summed E-state index contributed by atoms with van der Waals surface area (Å²) in [6.07, 6.45) is 0.670. The molecule has 0 radical (unpaired) electrons. The van der Waals surface area contributed by atoms with Crippen molar-refractivity contribution in [3.05, 3.63) is 30.3 Å². The van der Waals surface area contributed by atoms with Gasteiger partial charge in [0.2, 0.25) is 17.6 Å². The maximum Gasteiger partial charge on any atom is 0.253 e. The Morgan fingerprint density at radius 2 is 2.15 bits per heavy atom. The number of nitrogens with one attached hydrogen (secondary N) is 1. The van der Waals surface area contributed by atoms with Crippen LogP contribution in [0.4, 0.5) is 18.9 Å². The molecule has 138 valence electrons. The summed E-state index contributed by atoms with van der Waals surface area (Å²) in [5.74, 6) is -2.67. The Morgan fingerprint density at radius 3 is 2.77 bits per heavy atom. The molecule has 26 heavy (non-hydrogen) atoms. The molecule has 2 fully saturated rings. The van der Waals surface area contributed by atoms with E-state index in [1.807, 2.05) is 0 Å². The molecule has 1 saturated carbocycles. The zero-order valence-corrected chi connectivity index (χ0v) is 13.9. The highest BCUT2D eigenvalue weighted by atomic mass is 32.2. The number of hydrogen-bond acceptors (Lipinski definition) is 4. The van der Waals surface area contributed by atoms with Gasteiger partial charge >= 0.3 is 0 Å². The van der Waals surface area contributed by atoms with Crippen molar-refractivity contribution in [1.29, 1.82) is 0 Å². The first-order valence-electron chi connectivity index (χ1n) is 7.70. The lowest BCUT2D eigenvalue weighted by atomic mass is 10.1. The zero-order chi connectivity index (χ0) is 18.6. The average Bonchev–Trinajstić information content (AvgIpc) is 3.12. The Balaban J connectivity index is 1.68. The highest BCUT2D eigenvalue weighted by Crippen LogP contribution is 2.47. The molecule has 2 N–H and O–H groups in total. The molecule has 1 aromatic heterocycles. The van der Waals surface area contributed by atoms with Crippen molar-refractivity contribution in [2.45, 2.75) is 18.9 Å². The summed E-state index contributed by atoms with van der Waals surface area (Å²) in [5, 5.41) is 14.0. The Hall–Kier alpha value is -2.56. The molecular weight excluding hydrogens is 373 g/mol. The normalized spacial score (nSPS) is 25.0. The van der Waals surface area contributed by atoms with Crippen molar-refractivity contribution < 1.29 is 27.3 Å². The highest BCUT2D eigenvalue weighted by molar-refractivity contribution is 7.85. The van der Waals surface area contributed by atoms with Crippen LogP contribution in [0.2, 0.25) is 0 Å². The number of anilines is 1. The van der Waals surface area contributed by atoms with Crippen molar-refractivity contribution >= 4 is 22.8 Å². The number of hydrogen-bond donors (Lipinski definition) is 2. The fourth-order valence-electron chi connectivity index (χ4n) is 2.98. The third-order valence-corrected chi connectivity index (χ3v) is 5.53. The number of phenols is 1. The summed E-state index contributed by atoms with van der Waals surface area (Å²) >= 11 is -2.00. The fourth-order valence-corrected chi connectivity index (χ4v) is 3.93. The van der Waals surface area contributed by atoms with Crippen LogP contribution < -0.4 is 9.03 Å². The molecule has 0 spiro atoms. The van der Waals surface area contributed by atoms with Crippen LogP contribution in [0.15, 0.2) is 24.5 Å². The first kappa shape index (κ1) is 16.9. The molecule has 2 heterocycles. The van der Waals surface area contributed by atoms with Gasteiger partial charge in [-0.2, -0.15) is 5.10 Å². The van der Waals surface area contributed by atoms with Gasteiger partial charge < -0.3 is 5.11 Å². The smallest absolute Gasteiger partial charge is 0.253 e. The van der Waals surface area contributed by atoms with Crippen molar-refractivity contribution in [2.24, 2.45) is 5.92 Å². The molecule has 3 unspecified atom stereocenters. The van der Waals surface area contributed by atoms with Gasteiger partial charge in [0.15, 0.2) is 5.82 Å². The zero-order valence-electron chi connectivity index (χ0n) is 13.1. The van der Waals surface area contributed by atoms with Crippen LogP contribution in [0, 0.1) is 11.7 Å². The molecule has 7 nitrogen and oxygen atoms in total. The molecule has 1 aromatic carbocycles. The summed E-state index contributed by atoms with van der Waals surface area (Å²) in [6.45, 7) is -0.363. The Bertz CT molecular complexity index is 920. The lowest BCUT2D eigenvalue weighted by Crippen LogP contribution is -2.23. The number of aromatic nitrogens is 2. The van der Waals surface area contributed by atoms with E-state index in [1.165, 1.54) is 29.2 Å². The molecule has 1 aliphatic carbocycles. The summed E-state index contributed by atoms with van der Waals surface area (Å²) < 4.78 is 56.6. The first-order valence-corrected chi connectivity index (χ1v) is 8.80. The van der Waals surface area contributed by atoms with Crippen LogP contribution in [-0.2, 0) is 16.0 Å². The number of nitrogens with zero attached hydrogens (tertiary/aromatic N) is 3. The number of halogens is 3. The van der Waals surface area contributed by atoms with E-state index in [4.69, 9.17) is 0 Å². The topological polar surface area (TPSA) is 87.5 Å². The number of rotatable bonds is 4. The third kappa shape index (κ3) is 2.71. The predicted molar refractivity (Wildman–Crippen MR) is 86.1 cm³/mol. The summed E-state index contributed by atoms with van der Waals surface area (Å²) in [6, 6.07) is 2.10. The van der Waals surface area contributed by atoms with Crippen LogP contribution in [0.25, 0.3) is 11.1 Å². The van der Waals surface area contributed by atoms with Crippen LogP contribution in [0.1, 0.15) is 12.5 Å². The molecule has 0 bridgehead atoms. The maximum absolute atomic E-state index is 15.0. The second-order valence-corrected chi connectivity index (χ2v) is 7.26. The molecule has 4 rings (SSSR count). The molecule has 1 aliphatic heterocycles. The van der Waals surface area contributed by atoms with Gasteiger partial charge in [0.25, 0.3) is 5.91 Å². The second-order valence-electron chi connectivity index (χ2n) is 6.12. The summed E-state index contributed by atoms with van der Waals surface area (Å²) in [7, 11) is 0. The highest BCUT2D eigenvalue weighted by Gasteiger charge is 2.46. The van der Waals surface area contributed by atoms with E-state index in [0.717, 1.165) is 4.31 Å². The van der Waals surface area contributed by atoms with E-state index in [0.29, 0.717) is 12.0 Å². The standard InChI is InChI=1S/C15H13F3N4O3S/c16-13-8(7-4-19-21(5-7)10-3-9(10)15(17)18)1-2-11(23)14(13)22-6-12(24)20-26(22)25/h1-2,4-5,9-10,15,23H,3,6H2,(H,20,24). The minimum Gasteiger partial charge on any atom is -0.506 e. The average molecular weight is 386 g/mol. The number of carbonyl (C=O) groups is 1. The van der Waals surface area contributed by atoms with Crippen molar-refractivity contribution in [2.75, 3.05) is 10.8 Å². The third-order valence-electron chi connectivity index (χ3n) is 4.41. The molecule has 11 heteroatoms. The predicted octanol–water partition coefficient (Wildman–Crippen LogP) is 1.74. The van der Waals surface area contributed by atoms with Crippen molar-refractivity contribution in [3.8, 4) is 16.9 Å². The van der Waals surface area contributed by atoms with E-state index >= 15 is 0 Å². The number of carbonyl (C=O) groups excluding carboxylic acids is 1. The summed E-state index contributed by atoms with van der Waals surface area (Å²) in [5.41, 5.74) is 0.00592. The van der Waals surface area contributed by atoms with Gasteiger partial charge in [0.05, 0.1) is 12.2 Å². The van der Waals surface area contributed by atoms with Crippen molar-refractivity contribution in [3.63, 3.8) is 0 Å². The Kier molecular flexibility index (Phi) is 3.90. The number of amides is 1. The van der Waals surface area contributed by atoms with E-state index in [-0.39, 0.29) is 17.8 Å².